The molecular weight excluding hydrogens is 933 g/mol. The Bertz CT molecular complexity index is 3030. The van der Waals surface area contributed by atoms with Crippen LogP contribution in [0.15, 0.2) is 158 Å². The van der Waals surface area contributed by atoms with Gasteiger partial charge in [0.1, 0.15) is 81.2 Å². The molecule has 0 spiro atoms. The lowest BCUT2D eigenvalue weighted by atomic mass is 10.1. The van der Waals surface area contributed by atoms with E-state index in [-0.39, 0.29) is 19.8 Å². The van der Waals surface area contributed by atoms with Crippen molar-refractivity contribution in [3.8, 4) is 51.0 Å². The van der Waals surface area contributed by atoms with Crippen LogP contribution in [0.25, 0.3) is 66.5 Å². The number of nitrogens with one attached hydrogen (secondary N) is 2. The molecule has 9 rings (SSSR count). The second-order valence-electron chi connectivity index (χ2n) is 17.0. The summed E-state index contributed by atoms with van der Waals surface area (Å²) in [6.07, 6.45) is -1.52. The summed E-state index contributed by atoms with van der Waals surface area (Å²) in [5.41, 5.74) is 10.4. The number of alkyl halides is 3. The molecule has 3 atom stereocenters. The highest BCUT2D eigenvalue weighted by atomic mass is 18.2. The largest absolute Gasteiger partial charge is 0.491 e. The minimum atomic E-state index is -1.10. The average molecular weight is 991 g/mol. The Balaban J connectivity index is 0.000000160. The van der Waals surface area contributed by atoms with Crippen LogP contribution in [-0.4, -0.2) is 122 Å². The molecule has 4 heterocycles. The molecule has 5 N–H and O–H groups in total. The third-order valence-electron chi connectivity index (χ3n) is 11.3. The lowest BCUT2D eigenvalue weighted by Gasteiger charge is -2.13. The van der Waals surface area contributed by atoms with Crippen LogP contribution in [0, 0.1) is 0 Å². The Morgan fingerprint density at radius 2 is 0.849 bits per heavy atom. The van der Waals surface area contributed by atoms with Crippen molar-refractivity contribution in [1.82, 2.24) is 19.9 Å². The molecule has 13 nitrogen and oxygen atoms in total. The molecule has 0 saturated carbocycles. The third-order valence-corrected chi connectivity index (χ3v) is 11.3. The summed E-state index contributed by atoms with van der Waals surface area (Å²) in [5, 5.41) is 36.5. The number of anilines is 3. The number of rotatable bonds is 18. The van der Waals surface area contributed by atoms with Gasteiger partial charge in [0.25, 0.3) is 0 Å². The molecule has 9 aromatic rings. The lowest BCUT2D eigenvalue weighted by molar-refractivity contribution is 0.0842. The van der Waals surface area contributed by atoms with Crippen molar-refractivity contribution in [1.29, 1.82) is 0 Å². The molecule has 0 fully saturated rings. The van der Waals surface area contributed by atoms with Crippen LogP contribution in [0.5, 0.6) is 17.2 Å². The number of benzene rings is 5. The smallest absolute Gasteiger partial charge is 0.125 e. The van der Waals surface area contributed by atoms with E-state index >= 15 is 0 Å². The average Bonchev–Trinajstić information content (AvgIpc) is 3.44. The topological polar surface area (TPSA) is 167 Å². The van der Waals surface area contributed by atoms with Gasteiger partial charge in [-0.3, -0.25) is 0 Å². The molecule has 73 heavy (non-hydrogen) atoms. The zero-order chi connectivity index (χ0) is 51.7. The van der Waals surface area contributed by atoms with E-state index in [0.29, 0.717) is 17.2 Å². The fraction of sp³-hybridized carbons (Fsp3) is 0.228. The van der Waals surface area contributed by atoms with Crippen molar-refractivity contribution in [2.75, 3.05) is 83.6 Å². The molecule has 0 bridgehead atoms. The van der Waals surface area contributed by atoms with E-state index in [1.807, 2.05) is 137 Å². The van der Waals surface area contributed by atoms with Crippen LogP contribution in [0.1, 0.15) is 0 Å². The molecule has 0 aliphatic heterocycles. The SMILES string of the molecule is CN(C)c1ccc(-c2ccc3cc(OC[C@H](O)C[18F])ccc3n2)cc1.CNc1ccc(-c2ccc3cc(OC[C@H](O)C[18F])ccc3n2)cc1.CNc1ccc(-c2ccc3cc(OC[C@H](O)C[18F])ccc3n2)cn1. The first-order valence-corrected chi connectivity index (χ1v) is 23.5. The number of aliphatic hydroxyl groups is 3. The van der Waals surface area contributed by atoms with Crippen LogP contribution in [0.3, 0.4) is 0 Å². The van der Waals surface area contributed by atoms with Crippen molar-refractivity contribution in [2.24, 2.45) is 0 Å². The predicted molar refractivity (Wildman–Crippen MR) is 285 cm³/mol. The van der Waals surface area contributed by atoms with E-state index < -0.39 is 38.3 Å². The summed E-state index contributed by atoms with van der Waals surface area (Å²) in [6, 6.07) is 48.3. The van der Waals surface area contributed by atoms with Gasteiger partial charge >= 0.3 is 0 Å². The molecular formula is C57H58F3N7O6. The molecule has 4 aromatic heterocycles. The van der Waals surface area contributed by atoms with Gasteiger partial charge in [0.15, 0.2) is 0 Å². The molecule has 0 aliphatic carbocycles. The summed E-state index contributed by atoms with van der Waals surface area (Å²) in [4.78, 5) is 20.3. The second-order valence-corrected chi connectivity index (χ2v) is 17.0. The minimum absolute atomic E-state index is 0.0637. The Morgan fingerprint density at radius 3 is 1.19 bits per heavy atom. The number of aromatic nitrogens is 4. The van der Waals surface area contributed by atoms with Crippen molar-refractivity contribution in [2.45, 2.75) is 18.3 Å². The van der Waals surface area contributed by atoms with Crippen LogP contribution in [0.2, 0.25) is 0 Å². The Kier molecular flexibility index (Phi) is 18.7. The summed E-state index contributed by atoms with van der Waals surface area (Å²) in [5.74, 6) is 2.55. The van der Waals surface area contributed by atoms with E-state index in [2.05, 4.69) is 54.8 Å². The van der Waals surface area contributed by atoms with Crippen LogP contribution in [-0.2, 0) is 0 Å². The highest BCUT2D eigenvalue weighted by molar-refractivity contribution is 5.85. The van der Waals surface area contributed by atoms with Gasteiger partial charge in [-0.25, -0.2) is 33.1 Å². The van der Waals surface area contributed by atoms with Crippen molar-refractivity contribution in [3.63, 3.8) is 0 Å². The molecule has 0 unspecified atom stereocenters. The number of nitrogens with zero attached hydrogens (tertiary/aromatic N) is 5. The van der Waals surface area contributed by atoms with Gasteiger partial charge in [-0.05, 0) is 109 Å². The van der Waals surface area contributed by atoms with E-state index in [4.69, 9.17) is 19.2 Å². The molecule has 16 heteroatoms. The van der Waals surface area contributed by atoms with Crippen LogP contribution >= 0.6 is 0 Å². The maximum Gasteiger partial charge on any atom is 0.125 e. The number of pyridine rings is 4. The number of hydrogen-bond acceptors (Lipinski definition) is 13. The number of ether oxygens (including phenoxy) is 3. The van der Waals surface area contributed by atoms with Gasteiger partial charge in [0, 0.05) is 78.6 Å². The summed E-state index contributed by atoms with van der Waals surface area (Å²) in [7, 11) is 7.73. The van der Waals surface area contributed by atoms with Gasteiger partial charge in [-0.1, -0.05) is 42.5 Å². The Hall–Kier alpha value is -8.05. The molecule has 0 aliphatic rings. The third kappa shape index (κ3) is 14.8. The molecule has 0 amide bonds. The standard InChI is InChI=1S/C20H21FN2O2.C19H19FN2O2.C18H18FN3O2/c1-23(2)16-6-3-14(4-7-16)19-9-5-15-11-18(8-10-20(15)22-19)25-13-17(24)12-21;1-21-15-5-2-13(3-6-15)18-8-4-14-10-17(7-9-19(14)22-18)24-12-16(23)11-20;1-20-18-7-3-13(10-21-18)17-5-2-12-8-15(4-6-16(12)22-17)24-11-14(23)9-19/h3-11,17,24H,12-13H2,1-2H3;2-10,16,21,23H,11-12H2,1H3;2-8,10,14,23H,9,11H2,1H3,(H,20,21)/t17-;16-;14-/m111/s1/i21-1;20-1;19-1. The molecule has 5 aromatic carbocycles. The van der Waals surface area contributed by atoms with Crippen LogP contribution in [0.4, 0.5) is 30.4 Å². The van der Waals surface area contributed by atoms with E-state index in [9.17, 15) is 28.5 Å². The zero-order valence-electron chi connectivity index (χ0n) is 40.9. The van der Waals surface area contributed by atoms with E-state index in [0.717, 1.165) is 83.7 Å². The minimum Gasteiger partial charge on any atom is -0.491 e. The van der Waals surface area contributed by atoms with Gasteiger partial charge in [0.2, 0.25) is 0 Å². The number of aliphatic hydroxyl groups excluding tert-OH is 3. The maximum atomic E-state index is 12.3. The van der Waals surface area contributed by atoms with Crippen molar-refractivity contribution in [3.05, 3.63) is 158 Å². The predicted octanol–water partition coefficient (Wildman–Crippen LogP) is 10.4. The number of halogens is 3. The zero-order valence-corrected chi connectivity index (χ0v) is 40.9. The van der Waals surface area contributed by atoms with E-state index in [1.165, 1.54) is 0 Å². The summed E-state index contributed by atoms with van der Waals surface area (Å²) < 4.78 is 52.9. The maximum absolute atomic E-state index is 12.3. The first-order valence-electron chi connectivity index (χ1n) is 23.5. The first kappa shape index (κ1) is 52.8. The quantitative estimate of drug-likeness (QED) is 0.0552. The fourth-order valence-corrected chi connectivity index (χ4v) is 7.20. The Morgan fingerprint density at radius 1 is 0.466 bits per heavy atom. The molecule has 0 radical (unpaired) electrons. The molecule has 0 saturated heterocycles. The van der Waals surface area contributed by atoms with Gasteiger partial charge in [0.05, 0.1) is 33.6 Å². The highest BCUT2D eigenvalue weighted by Gasteiger charge is 2.10. The lowest BCUT2D eigenvalue weighted by Crippen LogP contribution is -2.19. The van der Waals surface area contributed by atoms with Gasteiger partial charge in [-0.2, -0.15) is 0 Å². The fourth-order valence-electron chi connectivity index (χ4n) is 7.20. The number of hydrogen-bond donors (Lipinski definition) is 5. The van der Waals surface area contributed by atoms with Gasteiger partial charge < -0.3 is 45.1 Å². The summed E-state index contributed by atoms with van der Waals surface area (Å²) >= 11 is 0. The normalized spacial score (nSPS) is 12.1. The highest BCUT2D eigenvalue weighted by Crippen LogP contribution is 2.28. The molecule has 378 valence electrons. The van der Waals surface area contributed by atoms with E-state index in [1.54, 1.807) is 24.4 Å². The van der Waals surface area contributed by atoms with Crippen molar-refractivity contribution < 1.29 is 42.7 Å². The van der Waals surface area contributed by atoms with Crippen LogP contribution < -0.4 is 29.7 Å². The summed E-state index contributed by atoms with van der Waals surface area (Å²) in [6.45, 7) is -2.65. The second kappa shape index (κ2) is 25.9. The first-order chi connectivity index (χ1) is 35.4. The Labute approximate surface area is 421 Å². The monoisotopic (exact) mass is 990 g/mol. The van der Waals surface area contributed by atoms with Gasteiger partial charge in [-0.15, -0.1) is 0 Å². The number of fused-ring (bicyclic) bond motifs is 3. The van der Waals surface area contributed by atoms with Crippen molar-refractivity contribution >= 4 is 49.9 Å².